The van der Waals surface area contributed by atoms with Crippen LogP contribution in [-0.2, 0) is 4.74 Å². The Bertz CT molecular complexity index is 1310. The standard InChI is InChI=1S/C25H26N8O2/c34-25(18-4-3-8-26-16-18)32-10-6-19(7-11-32)33-24-20(17-28-33)23(31-12-14-35-15-13-31)29-22(30-24)21-5-1-2-9-27-21/h1-5,8-9,16-17,19H,6-7,10-15H2. The summed E-state index contributed by atoms with van der Waals surface area (Å²) in [6.07, 6.45) is 8.53. The van der Waals surface area contributed by atoms with Gasteiger partial charge in [0.05, 0.1) is 36.4 Å². The number of carbonyl (C=O) groups is 1. The van der Waals surface area contributed by atoms with Crippen LogP contribution in [0.5, 0.6) is 0 Å². The third-order valence-corrected chi connectivity index (χ3v) is 6.64. The molecule has 0 unspecified atom stereocenters. The van der Waals surface area contributed by atoms with Gasteiger partial charge in [-0.3, -0.25) is 14.8 Å². The maximum atomic E-state index is 12.8. The number of pyridine rings is 2. The van der Waals surface area contributed by atoms with Gasteiger partial charge < -0.3 is 14.5 Å². The number of aromatic nitrogens is 6. The number of rotatable bonds is 4. The van der Waals surface area contributed by atoms with Gasteiger partial charge in [0.2, 0.25) is 0 Å². The summed E-state index contributed by atoms with van der Waals surface area (Å²) in [6, 6.07) is 9.50. The molecule has 2 aliphatic heterocycles. The first-order chi connectivity index (χ1) is 17.3. The number of anilines is 1. The average molecular weight is 471 g/mol. The number of morpholine rings is 1. The third-order valence-electron chi connectivity index (χ3n) is 6.64. The highest BCUT2D eigenvalue weighted by molar-refractivity contribution is 5.94. The summed E-state index contributed by atoms with van der Waals surface area (Å²) in [5, 5.41) is 5.69. The quantitative estimate of drug-likeness (QED) is 0.449. The zero-order valence-corrected chi connectivity index (χ0v) is 19.3. The van der Waals surface area contributed by atoms with Gasteiger partial charge in [-0.1, -0.05) is 6.07 Å². The van der Waals surface area contributed by atoms with Crippen LogP contribution in [-0.4, -0.2) is 79.9 Å². The molecule has 10 nitrogen and oxygen atoms in total. The molecule has 0 bridgehead atoms. The highest BCUT2D eigenvalue weighted by Crippen LogP contribution is 2.32. The molecule has 0 aliphatic carbocycles. The lowest BCUT2D eigenvalue weighted by atomic mass is 10.0. The summed E-state index contributed by atoms with van der Waals surface area (Å²) < 4.78 is 7.57. The molecule has 6 heterocycles. The lowest BCUT2D eigenvalue weighted by Gasteiger charge is -2.32. The smallest absolute Gasteiger partial charge is 0.255 e. The number of nitrogens with zero attached hydrogens (tertiary/aromatic N) is 8. The Morgan fingerprint density at radius 1 is 0.943 bits per heavy atom. The Balaban J connectivity index is 1.31. The highest BCUT2D eigenvalue weighted by Gasteiger charge is 2.28. The molecule has 0 saturated carbocycles. The number of ether oxygens (including phenoxy) is 1. The first kappa shape index (κ1) is 21.6. The second kappa shape index (κ2) is 9.38. The molecule has 0 spiro atoms. The van der Waals surface area contributed by atoms with Gasteiger partial charge in [0.25, 0.3) is 5.91 Å². The molecule has 35 heavy (non-hydrogen) atoms. The SMILES string of the molecule is O=C(c1cccnc1)N1CCC(n2ncc3c(N4CCOCC4)nc(-c4ccccn4)nc32)CC1. The van der Waals surface area contributed by atoms with Gasteiger partial charge in [-0.25, -0.2) is 14.6 Å². The molecule has 2 saturated heterocycles. The molecular weight excluding hydrogens is 444 g/mol. The topological polar surface area (TPSA) is 102 Å². The molecular formula is C25H26N8O2. The Hall–Kier alpha value is -3.92. The fourth-order valence-electron chi connectivity index (χ4n) is 4.79. The zero-order chi connectivity index (χ0) is 23.6. The van der Waals surface area contributed by atoms with E-state index in [2.05, 4.69) is 14.9 Å². The Labute approximate surface area is 202 Å². The lowest BCUT2D eigenvalue weighted by Crippen LogP contribution is -2.39. The van der Waals surface area contributed by atoms with Crippen molar-refractivity contribution in [2.45, 2.75) is 18.9 Å². The molecule has 10 heteroatoms. The first-order valence-corrected chi connectivity index (χ1v) is 12.0. The van der Waals surface area contributed by atoms with Gasteiger partial charge in [0, 0.05) is 44.8 Å². The summed E-state index contributed by atoms with van der Waals surface area (Å²) in [7, 11) is 0. The fourth-order valence-corrected chi connectivity index (χ4v) is 4.79. The number of hydrogen-bond acceptors (Lipinski definition) is 8. The molecule has 178 valence electrons. The number of likely N-dealkylation sites (tertiary alicyclic amines) is 1. The monoisotopic (exact) mass is 470 g/mol. The number of carbonyl (C=O) groups excluding carboxylic acids is 1. The number of fused-ring (bicyclic) bond motifs is 1. The largest absolute Gasteiger partial charge is 0.378 e. The van der Waals surface area contributed by atoms with Crippen LogP contribution >= 0.6 is 0 Å². The van der Waals surface area contributed by atoms with Crippen molar-refractivity contribution in [3.8, 4) is 11.5 Å². The van der Waals surface area contributed by atoms with E-state index < -0.39 is 0 Å². The summed E-state index contributed by atoms with van der Waals surface area (Å²) in [4.78, 5) is 35.4. The van der Waals surface area contributed by atoms with Gasteiger partial charge in [-0.2, -0.15) is 5.10 Å². The second-order valence-corrected chi connectivity index (χ2v) is 8.78. The normalized spacial score (nSPS) is 17.1. The molecule has 0 N–H and O–H groups in total. The maximum Gasteiger partial charge on any atom is 0.255 e. The van der Waals surface area contributed by atoms with Crippen molar-refractivity contribution < 1.29 is 9.53 Å². The van der Waals surface area contributed by atoms with E-state index in [1.54, 1.807) is 24.7 Å². The highest BCUT2D eigenvalue weighted by atomic mass is 16.5. The van der Waals surface area contributed by atoms with E-state index in [1.807, 2.05) is 40.0 Å². The zero-order valence-electron chi connectivity index (χ0n) is 19.3. The van der Waals surface area contributed by atoms with Crippen LogP contribution < -0.4 is 4.90 Å². The minimum atomic E-state index is 0.0243. The van der Waals surface area contributed by atoms with E-state index >= 15 is 0 Å². The Morgan fingerprint density at radius 2 is 1.80 bits per heavy atom. The van der Waals surface area contributed by atoms with E-state index in [9.17, 15) is 4.79 Å². The van der Waals surface area contributed by atoms with Gasteiger partial charge in [-0.05, 0) is 37.1 Å². The van der Waals surface area contributed by atoms with Crippen LogP contribution in [0.4, 0.5) is 5.82 Å². The summed E-state index contributed by atoms with van der Waals surface area (Å²) in [6.45, 7) is 4.20. The van der Waals surface area contributed by atoms with E-state index in [-0.39, 0.29) is 11.9 Å². The summed E-state index contributed by atoms with van der Waals surface area (Å²) in [5.74, 6) is 1.48. The number of piperidine rings is 1. The van der Waals surface area contributed by atoms with Crippen LogP contribution in [0.3, 0.4) is 0 Å². The van der Waals surface area contributed by atoms with Crippen molar-refractivity contribution in [2.75, 3.05) is 44.3 Å². The molecule has 2 fully saturated rings. The average Bonchev–Trinajstić information content (AvgIpc) is 3.38. The summed E-state index contributed by atoms with van der Waals surface area (Å²) >= 11 is 0. The molecule has 0 aromatic carbocycles. The van der Waals surface area contributed by atoms with Crippen LogP contribution in [0.2, 0.25) is 0 Å². The Kier molecular flexibility index (Phi) is 5.79. The van der Waals surface area contributed by atoms with Crippen molar-refractivity contribution in [3.63, 3.8) is 0 Å². The molecule has 1 amide bonds. The molecule has 0 atom stereocenters. The van der Waals surface area contributed by atoms with E-state index in [4.69, 9.17) is 19.8 Å². The van der Waals surface area contributed by atoms with Gasteiger partial charge in [0.15, 0.2) is 11.5 Å². The third kappa shape index (κ3) is 4.21. The summed E-state index contributed by atoms with van der Waals surface area (Å²) in [5.41, 5.74) is 2.16. The lowest BCUT2D eigenvalue weighted by molar-refractivity contribution is 0.0691. The van der Waals surface area contributed by atoms with Crippen molar-refractivity contribution in [2.24, 2.45) is 0 Å². The molecule has 0 radical (unpaired) electrons. The van der Waals surface area contributed by atoms with Crippen molar-refractivity contribution in [3.05, 3.63) is 60.7 Å². The fraction of sp³-hybridized carbons (Fsp3) is 0.360. The van der Waals surface area contributed by atoms with Crippen LogP contribution in [0, 0.1) is 0 Å². The first-order valence-electron chi connectivity index (χ1n) is 12.0. The molecule has 2 aliphatic rings. The van der Waals surface area contributed by atoms with Crippen molar-refractivity contribution in [1.29, 1.82) is 0 Å². The maximum absolute atomic E-state index is 12.8. The second-order valence-electron chi connectivity index (χ2n) is 8.78. The van der Waals surface area contributed by atoms with Crippen LogP contribution in [0.1, 0.15) is 29.2 Å². The van der Waals surface area contributed by atoms with Crippen LogP contribution in [0.25, 0.3) is 22.6 Å². The van der Waals surface area contributed by atoms with E-state index in [0.717, 1.165) is 48.5 Å². The molecule has 4 aromatic heterocycles. The van der Waals surface area contributed by atoms with Crippen LogP contribution in [0.15, 0.2) is 55.1 Å². The minimum Gasteiger partial charge on any atom is -0.378 e. The van der Waals surface area contributed by atoms with Crippen molar-refractivity contribution in [1.82, 2.24) is 34.6 Å². The van der Waals surface area contributed by atoms with Gasteiger partial charge in [0.1, 0.15) is 11.5 Å². The predicted molar refractivity (Wildman–Crippen MR) is 130 cm³/mol. The van der Waals surface area contributed by atoms with E-state index in [1.165, 1.54) is 0 Å². The van der Waals surface area contributed by atoms with Gasteiger partial charge in [-0.15, -0.1) is 0 Å². The van der Waals surface area contributed by atoms with E-state index in [0.29, 0.717) is 37.7 Å². The molecule has 6 rings (SSSR count). The van der Waals surface area contributed by atoms with Crippen molar-refractivity contribution >= 4 is 22.8 Å². The minimum absolute atomic E-state index is 0.0243. The molecule has 4 aromatic rings. The van der Waals surface area contributed by atoms with Gasteiger partial charge >= 0.3 is 0 Å². The Morgan fingerprint density at radius 3 is 2.54 bits per heavy atom. The number of amides is 1. The number of hydrogen-bond donors (Lipinski definition) is 0. The predicted octanol–water partition coefficient (Wildman–Crippen LogP) is 2.60.